The van der Waals surface area contributed by atoms with Crippen LogP contribution >= 0.6 is 11.8 Å². The van der Waals surface area contributed by atoms with E-state index in [0.717, 1.165) is 11.9 Å². The Kier molecular flexibility index (Phi) is 4.31. The Balaban J connectivity index is 2.12. The van der Waals surface area contributed by atoms with Crippen molar-refractivity contribution in [2.45, 2.75) is 50.2 Å². The average Bonchev–Trinajstić information content (AvgIpc) is 2.01. The molecule has 0 aromatic rings. The molecular weight excluding hydrogens is 156 g/mol. The van der Waals surface area contributed by atoms with Crippen LogP contribution in [-0.4, -0.2) is 17.3 Å². The molecule has 2 heteroatoms. The Morgan fingerprint density at radius 1 is 1.55 bits per heavy atom. The number of hydrogen-bond acceptors (Lipinski definition) is 2. The number of unbranched alkanes of at least 4 members (excludes halogenated alkanes) is 1. The summed E-state index contributed by atoms with van der Waals surface area (Å²) in [4.78, 5) is 0. The lowest BCUT2D eigenvalue weighted by atomic mass is 10.2. The van der Waals surface area contributed by atoms with E-state index >= 15 is 0 Å². The van der Waals surface area contributed by atoms with Crippen LogP contribution in [0.5, 0.6) is 0 Å². The third-order valence-corrected chi connectivity index (χ3v) is 3.38. The maximum Gasteiger partial charge on any atom is 0.103 e. The van der Waals surface area contributed by atoms with Crippen LogP contribution in [0.4, 0.5) is 0 Å². The first-order valence-corrected chi connectivity index (χ1v) is 5.54. The van der Waals surface area contributed by atoms with Gasteiger partial charge in [0.1, 0.15) is 5.44 Å². The maximum absolute atomic E-state index is 5.61. The summed E-state index contributed by atoms with van der Waals surface area (Å²) in [6, 6.07) is 0. The summed E-state index contributed by atoms with van der Waals surface area (Å²) in [5, 5.41) is 0.811. The first kappa shape index (κ1) is 9.40. The monoisotopic (exact) mass is 174 g/mol. The Morgan fingerprint density at radius 2 is 2.36 bits per heavy atom. The molecule has 0 radical (unpaired) electrons. The summed E-state index contributed by atoms with van der Waals surface area (Å²) in [6.45, 7) is 5.51. The van der Waals surface area contributed by atoms with Gasteiger partial charge in [-0.15, -0.1) is 11.8 Å². The zero-order valence-electron chi connectivity index (χ0n) is 7.51. The molecule has 0 aromatic carbocycles. The zero-order chi connectivity index (χ0) is 8.10. The minimum atomic E-state index is 0.499. The average molecular weight is 174 g/mol. The number of rotatable bonds is 3. The molecule has 1 fully saturated rings. The van der Waals surface area contributed by atoms with Crippen molar-refractivity contribution in [1.82, 2.24) is 0 Å². The number of thioether (sulfide) groups is 1. The highest BCUT2D eigenvalue weighted by Crippen LogP contribution is 2.29. The van der Waals surface area contributed by atoms with Crippen molar-refractivity contribution < 1.29 is 4.74 Å². The van der Waals surface area contributed by atoms with Crippen molar-refractivity contribution in [3.63, 3.8) is 0 Å². The SMILES string of the molecule is CCCCC1OCCC(C)S1. The molecule has 1 nitrogen and oxygen atoms in total. The fourth-order valence-electron chi connectivity index (χ4n) is 1.25. The number of hydrogen-bond donors (Lipinski definition) is 0. The molecular formula is C9H18OS. The van der Waals surface area contributed by atoms with Crippen molar-refractivity contribution in [1.29, 1.82) is 0 Å². The molecule has 0 saturated carbocycles. The molecule has 0 aliphatic carbocycles. The Morgan fingerprint density at radius 3 is 3.00 bits per heavy atom. The van der Waals surface area contributed by atoms with Crippen LogP contribution in [0.1, 0.15) is 39.5 Å². The first-order valence-electron chi connectivity index (χ1n) is 4.60. The summed E-state index contributed by atoms with van der Waals surface area (Å²) >= 11 is 2.00. The van der Waals surface area contributed by atoms with Gasteiger partial charge in [0.25, 0.3) is 0 Å². The molecule has 0 aromatic heterocycles. The highest BCUT2D eigenvalue weighted by Gasteiger charge is 2.18. The minimum Gasteiger partial charge on any atom is -0.368 e. The van der Waals surface area contributed by atoms with Gasteiger partial charge in [-0.25, -0.2) is 0 Å². The third kappa shape index (κ3) is 3.48. The van der Waals surface area contributed by atoms with Crippen LogP contribution in [0.15, 0.2) is 0 Å². The predicted octanol–water partition coefficient (Wildman–Crippen LogP) is 3.04. The van der Waals surface area contributed by atoms with Crippen LogP contribution in [0.3, 0.4) is 0 Å². The lowest BCUT2D eigenvalue weighted by Crippen LogP contribution is -2.21. The second-order valence-corrected chi connectivity index (χ2v) is 4.78. The van der Waals surface area contributed by atoms with E-state index < -0.39 is 0 Å². The van der Waals surface area contributed by atoms with Crippen molar-refractivity contribution >= 4 is 11.8 Å². The molecule has 11 heavy (non-hydrogen) atoms. The van der Waals surface area contributed by atoms with Crippen LogP contribution in [-0.2, 0) is 4.74 Å². The molecule has 1 aliphatic rings. The predicted molar refractivity (Wildman–Crippen MR) is 50.9 cm³/mol. The lowest BCUT2D eigenvalue weighted by molar-refractivity contribution is 0.0938. The molecule has 1 saturated heterocycles. The summed E-state index contributed by atoms with van der Waals surface area (Å²) in [5.74, 6) is 0. The molecule has 0 bridgehead atoms. The van der Waals surface area contributed by atoms with Gasteiger partial charge in [0, 0.05) is 11.9 Å². The lowest BCUT2D eigenvalue weighted by Gasteiger charge is -2.26. The minimum absolute atomic E-state index is 0.499. The highest BCUT2D eigenvalue weighted by atomic mass is 32.2. The second-order valence-electron chi connectivity index (χ2n) is 3.18. The first-order chi connectivity index (χ1) is 5.33. The maximum atomic E-state index is 5.61. The van der Waals surface area contributed by atoms with Crippen LogP contribution in [0.2, 0.25) is 0 Å². The fourth-order valence-corrected chi connectivity index (χ4v) is 2.48. The molecule has 0 spiro atoms. The summed E-state index contributed by atoms with van der Waals surface area (Å²) in [6.07, 6.45) is 5.07. The molecule has 1 heterocycles. The van der Waals surface area contributed by atoms with Crippen molar-refractivity contribution in [2.75, 3.05) is 6.61 Å². The summed E-state index contributed by atoms with van der Waals surface area (Å²) in [5.41, 5.74) is 0.499. The van der Waals surface area contributed by atoms with E-state index in [-0.39, 0.29) is 0 Å². The van der Waals surface area contributed by atoms with Crippen molar-refractivity contribution in [3.8, 4) is 0 Å². The van der Waals surface area contributed by atoms with Gasteiger partial charge in [-0.1, -0.05) is 26.7 Å². The third-order valence-electron chi connectivity index (χ3n) is 2.01. The Bertz CT molecular complexity index is 106. The van der Waals surface area contributed by atoms with E-state index in [1.165, 1.54) is 25.7 Å². The van der Waals surface area contributed by atoms with Gasteiger partial charge in [-0.05, 0) is 12.8 Å². The van der Waals surface area contributed by atoms with Gasteiger partial charge in [0.2, 0.25) is 0 Å². The van der Waals surface area contributed by atoms with E-state index in [0.29, 0.717) is 5.44 Å². The topological polar surface area (TPSA) is 9.23 Å². The van der Waals surface area contributed by atoms with E-state index in [1.807, 2.05) is 11.8 Å². The van der Waals surface area contributed by atoms with Gasteiger partial charge in [-0.3, -0.25) is 0 Å². The summed E-state index contributed by atoms with van der Waals surface area (Å²) in [7, 11) is 0. The van der Waals surface area contributed by atoms with Crippen LogP contribution < -0.4 is 0 Å². The standard InChI is InChI=1S/C9H18OS/c1-3-4-5-9-10-7-6-8(2)11-9/h8-9H,3-7H2,1-2H3. The van der Waals surface area contributed by atoms with E-state index in [4.69, 9.17) is 4.74 Å². The van der Waals surface area contributed by atoms with Gasteiger partial charge in [0.05, 0.1) is 0 Å². The molecule has 1 rings (SSSR count). The van der Waals surface area contributed by atoms with Gasteiger partial charge in [0.15, 0.2) is 0 Å². The van der Waals surface area contributed by atoms with Gasteiger partial charge in [-0.2, -0.15) is 0 Å². The number of ether oxygens (including phenoxy) is 1. The fraction of sp³-hybridized carbons (Fsp3) is 1.00. The molecule has 2 unspecified atom stereocenters. The van der Waals surface area contributed by atoms with Gasteiger partial charge >= 0.3 is 0 Å². The van der Waals surface area contributed by atoms with Crippen LogP contribution in [0.25, 0.3) is 0 Å². The smallest absolute Gasteiger partial charge is 0.103 e. The molecule has 2 atom stereocenters. The Labute approximate surface area is 73.9 Å². The highest BCUT2D eigenvalue weighted by molar-refractivity contribution is 8.00. The van der Waals surface area contributed by atoms with Crippen LogP contribution in [0, 0.1) is 0 Å². The Hall–Kier alpha value is 0.310. The summed E-state index contributed by atoms with van der Waals surface area (Å²) < 4.78 is 5.61. The quantitative estimate of drug-likeness (QED) is 0.650. The van der Waals surface area contributed by atoms with E-state index in [9.17, 15) is 0 Å². The second kappa shape index (κ2) is 5.04. The van der Waals surface area contributed by atoms with Crippen molar-refractivity contribution in [2.24, 2.45) is 0 Å². The molecule has 0 N–H and O–H groups in total. The zero-order valence-corrected chi connectivity index (χ0v) is 8.32. The largest absolute Gasteiger partial charge is 0.368 e. The van der Waals surface area contributed by atoms with E-state index in [1.54, 1.807) is 0 Å². The normalized spacial score (nSPS) is 32.2. The van der Waals surface area contributed by atoms with Crippen molar-refractivity contribution in [3.05, 3.63) is 0 Å². The molecule has 1 aliphatic heterocycles. The van der Waals surface area contributed by atoms with E-state index in [2.05, 4.69) is 13.8 Å². The molecule has 66 valence electrons. The van der Waals surface area contributed by atoms with Gasteiger partial charge < -0.3 is 4.74 Å². The molecule has 0 amide bonds.